The molecule has 0 aromatic heterocycles. The van der Waals surface area contributed by atoms with Crippen LogP contribution in [0.25, 0.3) is 0 Å². The molecule has 7 nitrogen and oxygen atoms in total. The molecule has 2 heterocycles. The summed E-state index contributed by atoms with van der Waals surface area (Å²) in [5.41, 5.74) is -0.408. The first-order valence-corrected chi connectivity index (χ1v) is 11.3. The van der Waals surface area contributed by atoms with Gasteiger partial charge in [0, 0.05) is 51.3 Å². The molecule has 1 aromatic rings. The molecule has 2 aliphatic rings. The van der Waals surface area contributed by atoms with Crippen LogP contribution in [0.15, 0.2) is 12.1 Å². The highest BCUT2D eigenvalue weighted by Gasteiger charge is 2.30. The maximum Gasteiger partial charge on any atom is 0.410 e. The first kappa shape index (κ1) is 27.5. The van der Waals surface area contributed by atoms with Gasteiger partial charge < -0.3 is 24.6 Å². The zero-order valence-electron chi connectivity index (χ0n) is 20.3. The monoisotopic (exact) mass is 457 g/mol. The molecular weight excluding hydrogens is 420 g/mol. The van der Waals surface area contributed by atoms with Gasteiger partial charge in [0.1, 0.15) is 11.4 Å². The van der Waals surface area contributed by atoms with Gasteiger partial charge in [-0.25, -0.2) is 13.6 Å². The van der Waals surface area contributed by atoms with Crippen molar-refractivity contribution in [3.8, 4) is 5.75 Å². The van der Waals surface area contributed by atoms with Crippen LogP contribution in [0.5, 0.6) is 5.75 Å². The highest BCUT2D eigenvalue weighted by atomic mass is 19.1. The summed E-state index contributed by atoms with van der Waals surface area (Å²) < 4.78 is 39.3. The quantitative estimate of drug-likeness (QED) is 0.731. The van der Waals surface area contributed by atoms with Crippen LogP contribution in [-0.4, -0.2) is 61.3 Å². The minimum absolute atomic E-state index is 0.159. The zero-order valence-corrected chi connectivity index (χ0v) is 20.3. The Morgan fingerprint density at radius 3 is 2.12 bits per heavy atom. The van der Waals surface area contributed by atoms with E-state index in [9.17, 15) is 18.4 Å². The fraction of sp³-hybridized carbons (Fsp3) is 0.652. The number of ether oxygens (including phenoxy) is 2. The van der Waals surface area contributed by atoms with Gasteiger partial charge in [0.2, 0.25) is 0 Å². The highest BCUT2D eigenvalue weighted by molar-refractivity contribution is 5.83. The van der Waals surface area contributed by atoms with Crippen molar-refractivity contribution in [3.63, 3.8) is 0 Å². The van der Waals surface area contributed by atoms with Gasteiger partial charge in [-0.1, -0.05) is 27.7 Å². The van der Waals surface area contributed by atoms with Gasteiger partial charge in [-0.3, -0.25) is 4.79 Å². The molecule has 1 aromatic carbocycles. The normalized spacial score (nSPS) is 18.0. The maximum absolute atomic E-state index is 14.4. The number of benzene rings is 1. The van der Waals surface area contributed by atoms with Crippen molar-refractivity contribution < 1.29 is 27.8 Å². The minimum atomic E-state index is -0.853. The Labute approximate surface area is 190 Å². The number of anilines is 1. The Bertz CT molecular complexity index is 760. The lowest BCUT2D eigenvalue weighted by Crippen LogP contribution is -2.50. The predicted octanol–water partition coefficient (Wildman–Crippen LogP) is 4.34. The number of amides is 2. The molecule has 2 saturated heterocycles. The third kappa shape index (κ3) is 7.53. The molecule has 2 amide bonds. The van der Waals surface area contributed by atoms with E-state index in [-0.39, 0.29) is 17.3 Å². The summed E-state index contributed by atoms with van der Waals surface area (Å²) in [5, 5.41) is 2.61. The first-order chi connectivity index (χ1) is 15.1. The number of hydrogen-bond acceptors (Lipinski definition) is 5. The summed E-state index contributed by atoms with van der Waals surface area (Å²) >= 11 is 0. The summed E-state index contributed by atoms with van der Waals surface area (Å²) in [6.07, 6.45) is -0.765. The number of piperazine rings is 1. The minimum Gasteiger partial charge on any atom is -0.477 e. The van der Waals surface area contributed by atoms with E-state index in [1.54, 1.807) is 30.6 Å². The Morgan fingerprint density at radius 2 is 1.62 bits per heavy atom. The van der Waals surface area contributed by atoms with E-state index in [2.05, 4.69) is 5.32 Å². The molecule has 2 fully saturated rings. The molecule has 0 bridgehead atoms. The topological polar surface area (TPSA) is 71.1 Å². The molecular formula is C23H37F2N3O4. The Morgan fingerprint density at radius 1 is 1.03 bits per heavy atom. The van der Waals surface area contributed by atoms with Crippen LogP contribution in [0.2, 0.25) is 0 Å². The van der Waals surface area contributed by atoms with E-state index in [4.69, 9.17) is 9.47 Å². The van der Waals surface area contributed by atoms with Gasteiger partial charge >= 0.3 is 6.09 Å². The fourth-order valence-electron chi connectivity index (χ4n) is 3.14. The van der Waals surface area contributed by atoms with Crippen molar-refractivity contribution in [1.82, 2.24) is 10.2 Å². The van der Waals surface area contributed by atoms with Gasteiger partial charge in [0.15, 0.2) is 17.7 Å². The smallest absolute Gasteiger partial charge is 0.410 e. The Hall–Kier alpha value is -2.58. The summed E-state index contributed by atoms with van der Waals surface area (Å²) in [4.78, 5) is 27.1. The molecule has 2 aliphatic heterocycles. The molecule has 0 aliphatic carbocycles. The standard InChI is InChI=1S/C19H25F2N3O4.2C2H6/c1-19(2,3)28-18(26)24-8-6-23(7-9-24)14-11-16(13(21)10-12(14)20)27-15-4-5-22-17(15)25;2*1-2/h10-11,15H,4-9H2,1-3H3,(H,22,25);2*1-2H3/t15-;;/m0../s1. The van der Waals surface area contributed by atoms with Crippen LogP contribution >= 0.6 is 0 Å². The SMILES string of the molecule is CC.CC.CC(C)(C)OC(=O)N1CCN(c2cc(O[C@H]3CCNC3=O)c(F)cc2F)CC1. The lowest BCUT2D eigenvalue weighted by atomic mass is 10.2. The third-order valence-corrected chi connectivity index (χ3v) is 4.54. The van der Waals surface area contributed by atoms with Crippen LogP contribution in [0.4, 0.5) is 19.3 Å². The van der Waals surface area contributed by atoms with Crippen LogP contribution < -0.4 is 15.0 Å². The van der Waals surface area contributed by atoms with Crippen molar-refractivity contribution >= 4 is 17.7 Å². The van der Waals surface area contributed by atoms with Crippen molar-refractivity contribution in [1.29, 1.82) is 0 Å². The fourth-order valence-corrected chi connectivity index (χ4v) is 3.14. The van der Waals surface area contributed by atoms with Gasteiger partial charge in [-0.05, 0) is 20.8 Å². The zero-order chi connectivity index (χ0) is 24.5. The summed E-state index contributed by atoms with van der Waals surface area (Å²) in [5.74, 6) is -2.04. The lowest BCUT2D eigenvalue weighted by molar-refractivity contribution is -0.125. The number of hydrogen-bond donors (Lipinski definition) is 1. The average Bonchev–Trinajstić information content (AvgIpc) is 3.16. The molecule has 3 rings (SSSR count). The molecule has 182 valence electrons. The maximum atomic E-state index is 14.4. The highest BCUT2D eigenvalue weighted by Crippen LogP contribution is 2.30. The summed E-state index contributed by atoms with van der Waals surface area (Å²) in [6.45, 7) is 15.3. The van der Waals surface area contributed by atoms with Gasteiger partial charge in [-0.15, -0.1) is 0 Å². The van der Waals surface area contributed by atoms with Gasteiger partial charge in [0.05, 0.1) is 5.69 Å². The van der Waals surface area contributed by atoms with Gasteiger partial charge in [0.25, 0.3) is 5.91 Å². The molecule has 0 saturated carbocycles. The number of carbonyl (C=O) groups excluding carboxylic acids is 2. The van der Waals surface area contributed by atoms with E-state index in [0.717, 1.165) is 6.07 Å². The molecule has 0 spiro atoms. The van der Waals surface area contributed by atoms with Crippen molar-refractivity contribution in [2.75, 3.05) is 37.6 Å². The molecule has 1 N–H and O–H groups in total. The largest absolute Gasteiger partial charge is 0.477 e. The lowest BCUT2D eigenvalue weighted by Gasteiger charge is -2.37. The molecule has 1 atom stereocenters. The van der Waals surface area contributed by atoms with E-state index in [0.29, 0.717) is 39.1 Å². The third-order valence-electron chi connectivity index (χ3n) is 4.54. The van der Waals surface area contributed by atoms with E-state index in [1.807, 2.05) is 27.7 Å². The number of nitrogens with zero attached hydrogens (tertiary/aromatic N) is 2. The van der Waals surface area contributed by atoms with Crippen molar-refractivity contribution in [2.45, 2.75) is 66.6 Å². The number of rotatable bonds is 3. The number of halogens is 2. The van der Waals surface area contributed by atoms with Crippen LogP contribution in [0, 0.1) is 11.6 Å². The molecule has 0 radical (unpaired) electrons. The van der Waals surface area contributed by atoms with Crippen molar-refractivity contribution in [2.24, 2.45) is 0 Å². The number of carbonyl (C=O) groups is 2. The first-order valence-electron chi connectivity index (χ1n) is 11.3. The molecule has 0 unspecified atom stereocenters. The second kappa shape index (κ2) is 12.5. The summed E-state index contributed by atoms with van der Waals surface area (Å²) in [7, 11) is 0. The van der Waals surface area contributed by atoms with Crippen molar-refractivity contribution in [3.05, 3.63) is 23.8 Å². The second-order valence-corrected chi connectivity index (χ2v) is 7.87. The van der Waals surface area contributed by atoms with E-state index >= 15 is 0 Å². The van der Waals surface area contributed by atoms with Crippen LogP contribution in [0.3, 0.4) is 0 Å². The van der Waals surface area contributed by atoms with Crippen LogP contribution in [0.1, 0.15) is 54.9 Å². The van der Waals surface area contributed by atoms with E-state index in [1.165, 1.54) is 6.07 Å². The van der Waals surface area contributed by atoms with Gasteiger partial charge in [-0.2, -0.15) is 0 Å². The molecule has 9 heteroatoms. The van der Waals surface area contributed by atoms with Crippen LogP contribution in [-0.2, 0) is 9.53 Å². The average molecular weight is 458 g/mol. The number of nitrogens with one attached hydrogen (secondary N) is 1. The summed E-state index contributed by atoms with van der Waals surface area (Å²) in [6, 6.07) is 2.04. The Kier molecular flexibility index (Phi) is 10.7. The molecule has 32 heavy (non-hydrogen) atoms. The second-order valence-electron chi connectivity index (χ2n) is 7.87. The van der Waals surface area contributed by atoms with E-state index < -0.39 is 29.4 Å². The Balaban J connectivity index is 0.00000121. The predicted molar refractivity (Wildman–Crippen MR) is 121 cm³/mol.